The second-order valence-electron chi connectivity index (χ2n) is 6.98. The second kappa shape index (κ2) is 5.70. The Morgan fingerprint density at radius 1 is 1.20 bits per heavy atom. The zero-order valence-corrected chi connectivity index (χ0v) is 14.3. The summed E-state index contributed by atoms with van der Waals surface area (Å²) in [5.74, 6) is 0.718. The molecule has 25 heavy (non-hydrogen) atoms. The summed E-state index contributed by atoms with van der Waals surface area (Å²) >= 11 is 0. The number of hydrogen-bond acceptors (Lipinski definition) is 5. The van der Waals surface area contributed by atoms with E-state index in [4.69, 9.17) is 4.42 Å². The van der Waals surface area contributed by atoms with Crippen LogP contribution >= 0.6 is 0 Å². The van der Waals surface area contributed by atoms with E-state index in [1.807, 2.05) is 55.1 Å². The van der Waals surface area contributed by atoms with Crippen molar-refractivity contribution in [3.63, 3.8) is 0 Å². The summed E-state index contributed by atoms with van der Waals surface area (Å²) in [6.45, 7) is 5.09. The standard InChI is InChI=1S/C20H20N2O3/c1-13-5-3-4-6-14(13)16-11-18(23)25-19-15(16)7-8-17(21-19)22-10-9-20(2,24)12-22/h3-8,11,24H,9-10,12H2,1-2H3. The molecule has 1 N–H and O–H groups in total. The summed E-state index contributed by atoms with van der Waals surface area (Å²) < 4.78 is 5.36. The molecule has 5 nitrogen and oxygen atoms in total. The summed E-state index contributed by atoms with van der Waals surface area (Å²) in [6.07, 6.45) is 0.694. The fourth-order valence-electron chi connectivity index (χ4n) is 3.45. The Balaban J connectivity index is 1.85. The van der Waals surface area contributed by atoms with E-state index >= 15 is 0 Å². The molecule has 0 aliphatic carbocycles. The molecule has 0 spiro atoms. The maximum absolute atomic E-state index is 12.1. The SMILES string of the molecule is Cc1ccccc1-c1cc(=O)oc2nc(N3CCC(C)(O)C3)ccc12. The third-order valence-corrected chi connectivity index (χ3v) is 4.81. The summed E-state index contributed by atoms with van der Waals surface area (Å²) in [7, 11) is 0. The van der Waals surface area contributed by atoms with E-state index in [0.717, 1.165) is 34.4 Å². The molecule has 1 aliphatic rings. The van der Waals surface area contributed by atoms with Crippen LogP contribution < -0.4 is 10.5 Å². The van der Waals surface area contributed by atoms with E-state index in [1.165, 1.54) is 6.07 Å². The van der Waals surface area contributed by atoms with Gasteiger partial charge in [-0.3, -0.25) is 0 Å². The molecule has 0 amide bonds. The highest BCUT2D eigenvalue weighted by molar-refractivity contribution is 5.92. The predicted octanol–water partition coefficient (Wildman–Crippen LogP) is 3.12. The van der Waals surface area contributed by atoms with Crippen LogP contribution in [0, 0.1) is 6.92 Å². The lowest BCUT2D eigenvalue weighted by Gasteiger charge is -2.20. The zero-order chi connectivity index (χ0) is 17.6. The molecule has 2 aromatic heterocycles. The van der Waals surface area contributed by atoms with Crippen LogP contribution in [0.4, 0.5) is 5.82 Å². The third-order valence-electron chi connectivity index (χ3n) is 4.81. The van der Waals surface area contributed by atoms with Gasteiger partial charge < -0.3 is 14.4 Å². The molecular formula is C20H20N2O3. The Kier molecular flexibility index (Phi) is 3.62. The number of hydrogen-bond donors (Lipinski definition) is 1. The van der Waals surface area contributed by atoms with Gasteiger partial charge in [-0.25, -0.2) is 4.79 Å². The fourth-order valence-corrected chi connectivity index (χ4v) is 3.45. The first kappa shape index (κ1) is 15.8. The van der Waals surface area contributed by atoms with Gasteiger partial charge in [0.05, 0.1) is 5.60 Å². The van der Waals surface area contributed by atoms with Crippen LogP contribution in [0.3, 0.4) is 0 Å². The molecule has 0 saturated carbocycles. The number of aryl methyl sites for hydroxylation is 1. The van der Waals surface area contributed by atoms with Crippen LogP contribution in [0.2, 0.25) is 0 Å². The van der Waals surface area contributed by atoms with Crippen molar-refractivity contribution in [2.45, 2.75) is 25.9 Å². The van der Waals surface area contributed by atoms with Crippen molar-refractivity contribution in [3.05, 3.63) is 58.4 Å². The van der Waals surface area contributed by atoms with Gasteiger partial charge in [0.25, 0.3) is 0 Å². The maximum Gasteiger partial charge on any atom is 0.338 e. The van der Waals surface area contributed by atoms with Crippen LogP contribution in [0.25, 0.3) is 22.2 Å². The molecule has 0 bridgehead atoms. The number of β-amino-alcohol motifs (C(OH)–C–C–N with tert-alkyl or cyclic N) is 1. The summed E-state index contributed by atoms with van der Waals surface area (Å²) in [6, 6.07) is 13.3. The molecule has 4 rings (SSSR count). The van der Waals surface area contributed by atoms with Gasteiger partial charge in [0.1, 0.15) is 5.82 Å². The topological polar surface area (TPSA) is 66.6 Å². The van der Waals surface area contributed by atoms with Crippen LogP contribution in [0.5, 0.6) is 0 Å². The molecular weight excluding hydrogens is 316 g/mol. The minimum Gasteiger partial charge on any atom is -0.404 e. The van der Waals surface area contributed by atoms with E-state index in [-0.39, 0.29) is 0 Å². The van der Waals surface area contributed by atoms with Gasteiger partial charge in [-0.2, -0.15) is 4.98 Å². The van der Waals surface area contributed by atoms with Gasteiger partial charge in [-0.1, -0.05) is 24.3 Å². The lowest BCUT2D eigenvalue weighted by Crippen LogP contribution is -2.29. The molecule has 128 valence electrons. The fraction of sp³-hybridized carbons (Fsp3) is 0.300. The molecule has 3 aromatic rings. The Morgan fingerprint density at radius 2 is 2.00 bits per heavy atom. The largest absolute Gasteiger partial charge is 0.404 e. The first-order chi connectivity index (χ1) is 11.9. The molecule has 0 radical (unpaired) electrons. The number of aromatic nitrogens is 1. The van der Waals surface area contributed by atoms with Gasteiger partial charge in [0.15, 0.2) is 0 Å². The molecule has 1 aromatic carbocycles. The van der Waals surface area contributed by atoms with Crippen molar-refractivity contribution in [2.75, 3.05) is 18.0 Å². The Hall–Kier alpha value is -2.66. The van der Waals surface area contributed by atoms with Crippen molar-refractivity contribution in [3.8, 4) is 11.1 Å². The van der Waals surface area contributed by atoms with Gasteiger partial charge in [0.2, 0.25) is 5.71 Å². The molecule has 5 heteroatoms. The van der Waals surface area contributed by atoms with E-state index in [9.17, 15) is 9.90 Å². The second-order valence-corrected chi connectivity index (χ2v) is 6.98. The maximum atomic E-state index is 12.1. The Labute approximate surface area is 145 Å². The van der Waals surface area contributed by atoms with Crippen molar-refractivity contribution < 1.29 is 9.52 Å². The summed E-state index contributed by atoms with van der Waals surface area (Å²) in [4.78, 5) is 18.6. The molecule has 1 saturated heterocycles. The minimum absolute atomic E-state index is 0.329. The molecule has 1 atom stereocenters. The predicted molar refractivity (Wildman–Crippen MR) is 97.9 cm³/mol. The number of aliphatic hydroxyl groups is 1. The lowest BCUT2D eigenvalue weighted by atomic mass is 9.99. The quantitative estimate of drug-likeness (QED) is 0.779. The van der Waals surface area contributed by atoms with Crippen molar-refractivity contribution in [1.29, 1.82) is 0 Å². The number of benzene rings is 1. The first-order valence-electron chi connectivity index (χ1n) is 8.41. The highest BCUT2D eigenvalue weighted by Gasteiger charge is 2.32. The van der Waals surface area contributed by atoms with Gasteiger partial charge in [-0.05, 0) is 43.5 Å². The normalized spacial score (nSPS) is 20.4. The number of nitrogens with zero attached hydrogens (tertiary/aromatic N) is 2. The highest BCUT2D eigenvalue weighted by atomic mass is 16.4. The van der Waals surface area contributed by atoms with Crippen molar-refractivity contribution in [1.82, 2.24) is 4.98 Å². The van der Waals surface area contributed by atoms with Crippen molar-refractivity contribution in [2.24, 2.45) is 0 Å². The number of pyridine rings is 1. The Morgan fingerprint density at radius 3 is 2.72 bits per heavy atom. The van der Waals surface area contributed by atoms with Crippen LogP contribution in [0.1, 0.15) is 18.9 Å². The molecule has 1 fully saturated rings. The number of rotatable bonds is 2. The molecule has 1 aliphatic heterocycles. The lowest BCUT2D eigenvalue weighted by molar-refractivity contribution is 0.0839. The molecule has 3 heterocycles. The van der Waals surface area contributed by atoms with Gasteiger partial charge in [0, 0.05) is 30.1 Å². The average molecular weight is 336 g/mol. The smallest absolute Gasteiger partial charge is 0.338 e. The molecule has 1 unspecified atom stereocenters. The monoisotopic (exact) mass is 336 g/mol. The number of anilines is 1. The van der Waals surface area contributed by atoms with E-state index < -0.39 is 11.2 Å². The Bertz CT molecular complexity index is 1010. The van der Waals surface area contributed by atoms with Gasteiger partial charge in [-0.15, -0.1) is 0 Å². The van der Waals surface area contributed by atoms with Crippen molar-refractivity contribution >= 4 is 16.9 Å². The minimum atomic E-state index is -0.708. The highest BCUT2D eigenvalue weighted by Crippen LogP contribution is 2.31. The van der Waals surface area contributed by atoms with Crippen LogP contribution in [-0.2, 0) is 0 Å². The average Bonchev–Trinajstić information content (AvgIpc) is 2.94. The number of fused-ring (bicyclic) bond motifs is 1. The summed E-state index contributed by atoms with van der Waals surface area (Å²) in [5, 5.41) is 11.0. The van der Waals surface area contributed by atoms with E-state index in [1.54, 1.807) is 0 Å². The zero-order valence-electron chi connectivity index (χ0n) is 14.3. The van der Waals surface area contributed by atoms with Crippen LogP contribution in [0.15, 0.2) is 51.7 Å². The first-order valence-corrected chi connectivity index (χ1v) is 8.41. The summed E-state index contributed by atoms with van der Waals surface area (Å²) in [5.41, 5.74) is 2.13. The van der Waals surface area contributed by atoms with E-state index in [2.05, 4.69) is 4.98 Å². The van der Waals surface area contributed by atoms with E-state index in [0.29, 0.717) is 18.7 Å². The van der Waals surface area contributed by atoms with Gasteiger partial charge >= 0.3 is 5.63 Å². The third kappa shape index (κ3) is 2.91. The van der Waals surface area contributed by atoms with Crippen LogP contribution in [-0.4, -0.2) is 28.8 Å².